The number of alkyl halides is 2. The maximum Gasteiger partial charge on any atom is 0.387 e. The van der Waals surface area contributed by atoms with Crippen LogP contribution in [0.25, 0.3) is 10.9 Å². The van der Waals surface area contributed by atoms with E-state index in [0.717, 1.165) is 27.8 Å². The van der Waals surface area contributed by atoms with E-state index in [4.69, 9.17) is 0 Å². The molecule has 4 nitrogen and oxygen atoms in total. The first-order valence-electron chi connectivity index (χ1n) is 7.11. The SMILES string of the molecule is Cc1ccc2nccc(NCc3ccc(OC(F)F)cn3)c2c1. The summed E-state index contributed by atoms with van der Waals surface area (Å²) in [7, 11) is 0. The van der Waals surface area contributed by atoms with Crippen LogP contribution in [0, 0.1) is 6.92 Å². The molecule has 0 fully saturated rings. The van der Waals surface area contributed by atoms with Crippen LogP contribution in [-0.4, -0.2) is 16.6 Å². The van der Waals surface area contributed by atoms with Gasteiger partial charge >= 0.3 is 6.61 Å². The van der Waals surface area contributed by atoms with Gasteiger partial charge in [0.15, 0.2) is 0 Å². The minimum atomic E-state index is -2.84. The standard InChI is InChI=1S/C17H15F2N3O/c1-11-2-5-15-14(8-11)16(6-7-20-15)22-9-12-3-4-13(10-21-12)23-17(18)19/h2-8,10,17H,9H2,1H3,(H,20,22). The summed E-state index contributed by atoms with van der Waals surface area (Å²) in [5.41, 5.74) is 3.74. The largest absolute Gasteiger partial charge is 0.433 e. The molecule has 3 rings (SSSR count). The zero-order valence-electron chi connectivity index (χ0n) is 12.5. The second kappa shape index (κ2) is 6.56. The summed E-state index contributed by atoms with van der Waals surface area (Å²) in [5.74, 6) is 0.0498. The van der Waals surface area contributed by atoms with Crippen molar-refractivity contribution in [2.24, 2.45) is 0 Å². The van der Waals surface area contributed by atoms with Gasteiger partial charge in [-0.05, 0) is 37.3 Å². The number of halogens is 2. The molecule has 0 unspecified atom stereocenters. The molecule has 118 valence electrons. The van der Waals surface area contributed by atoms with E-state index in [1.807, 2.05) is 25.1 Å². The molecule has 6 heteroatoms. The number of aromatic nitrogens is 2. The van der Waals surface area contributed by atoms with Gasteiger partial charge in [-0.15, -0.1) is 0 Å². The van der Waals surface area contributed by atoms with Crippen LogP contribution in [0.15, 0.2) is 48.8 Å². The summed E-state index contributed by atoms with van der Waals surface area (Å²) in [6.45, 7) is -0.339. The van der Waals surface area contributed by atoms with Gasteiger partial charge in [0.05, 0.1) is 24.0 Å². The van der Waals surface area contributed by atoms with E-state index >= 15 is 0 Å². The van der Waals surface area contributed by atoms with Crippen LogP contribution < -0.4 is 10.1 Å². The van der Waals surface area contributed by atoms with Crippen molar-refractivity contribution in [2.45, 2.75) is 20.1 Å². The van der Waals surface area contributed by atoms with Crippen LogP contribution in [-0.2, 0) is 6.54 Å². The molecule has 0 aliphatic rings. The highest BCUT2D eigenvalue weighted by Crippen LogP contribution is 2.23. The number of nitrogens with one attached hydrogen (secondary N) is 1. The molecule has 0 radical (unpaired) electrons. The molecule has 0 atom stereocenters. The molecule has 0 amide bonds. The zero-order chi connectivity index (χ0) is 16.2. The Kier molecular flexibility index (Phi) is 4.32. The van der Waals surface area contributed by atoms with Gasteiger partial charge in [-0.25, -0.2) is 0 Å². The summed E-state index contributed by atoms with van der Waals surface area (Å²) in [4.78, 5) is 8.44. The van der Waals surface area contributed by atoms with E-state index in [1.165, 1.54) is 12.3 Å². The average molecular weight is 315 g/mol. The van der Waals surface area contributed by atoms with Crippen molar-refractivity contribution in [1.29, 1.82) is 0 Å². The van der Waals surface area contributed by atoms with Gasteiger partial charge in [-0.1, -0.05) is 11.6 Å². The lowest BCUT2D eigenvalue weighted by atomic mass is 10.1. The first-order chi connectivity index (χ1) is 11.1. The average Bonchev–Trinajstić information content (AvgIpc) is 2.53. The smallest absolute Gasteiger partial charge is 0.387 e. The van der Waals surface area contributed by atoms with Crippen molar-refractivity contribution in [1.82, 2.24) is 9.97 Å². The maximum atomic E-state index is 12.1. The molecule has 3 aromatic rings. The van der Waals surface area contributed by atoms with Gasteiger partial charge < -0.3 is 10.1 Å². The topological polar surface area (TPSA) is 47.0 Å². The lowest BCUT2D eigenvalue weighted by molar-refractivity contribution is -0.0500. The number of fused-ring (bicyclic) bond motifs is 1. The lowest BCUT2D eigenvalue weighted by Gasteiger charge is -2.10. The van der Waals surface area contributed by atoms with Gasteiger partial charge in [-0.3, -0.25) is 9.97 Å². The predicted molar refractivity (Wildman–Crippen MR) is 84.7 cm³/mol. The summed E-state index contributed by atoms with van der Waals surface area (Å²) in [6.07, 6.45) is 3.03. The third-order valence-electron chi connectivity index (χ3n) is 3.38. The number of pyridine rings is 2. The van der Waals surface area contributed by atoms with Crippen molar-refractivity contribution >= 4 is 16.6 Å². The Hall–Kier alpha value is -2.76. The molecular formula is C17H15F2N3O. The number of nitrogens with zero attached hydrogens (tertiary/aromatic N) is 2. The van der Waals surface area contributed by atoms with Crippen LogP contribution in [0.3, 0.4) is 0 Å². The van der Waals surface area contributed by atoms with Crippen molar-refractivity contribution in [3.05, 3.63) is 60.0 Å². The van der Waals surface area contributed by atoms with Crippen LogP contribution in [0.2, 0.25) is 0 Å². The molecule has 0 aliphatic carbocycles. The minimum Gasteiger partial charge on any atom is -0.433 e. The van der Waals surface area contributed by atoms with E-state index in [1.54, 1.807) is 12.3 Å². The number of hydrogen-bond donors (Lipinski definition) is 1. The van der Waals surface area contributed by atoms with E-state index < -0.39 is 6.61 Å². The molecular weight excluding hydrogens is 300 g/mol. The first kappa shape index (κ1) is 15.1. The van der Waals surface area contributed by atoms with Gasteiger partial charge in [-0.2, -0.15) is 8.78 Å². The Balaban J connectivity index is 1.74. The molecule has 0 spiro atoms. The van der Waals surface area contributed by atoms with Crippen molar-refractivity contribution < 1.29 is 13.5 Å². The Bertz CT molecular complexity index is 807. The highest BCUT2D eigenvalue weighted by Gasteiger charge is 2.05. The highest BCUT2D eigenvalue weighted by atomic mass is 19.3. The minimum absolute atomic E-state index is 0.0498. The lowest BCUT2D eigenvalue weighted by Crippen LogP contribution is -2.05. The number of anilines is 1. The van der Waals surface area contributed by atoms with Crippen LogP contribution >= 0.6 is 0 Å². The third-order valence-corrected chi connectivity index (χ3v) is 3.38. The Morgan fingerprint density at radius 2 is 2.00 bits per heavy atom. The fourth-order valence-corrected chi connectivity index (χ4v) is 2.29. The third kappa shape index (κ3) is 3.71. The second-order valence-electron chi connectivity index (χ2n) is 5.10. The molecule has 23 heavy (non-hydrogen) atoms. The summed E-state index contributed by atoms with van der Waals surface area (Å²) >= 11 is 0. The number of benzene rings is 1. The van der Waals surface area contributed by atoms with E-state index in [-0.39, 0.29) is 5.75 Å². The molecule has 1 N–H and O–H groups in total. The second-order valence-corrected chi connectivity index (χ2v) is 5.10. The maximum absolute atomic E-state index is 12.1. The van der Waals surface area contributed by atoms with Crippen LogP contribution in [0.4, 0.5) is 14.5 Å². The van der Waals surface area contributed by atoms with Crippen molar-refractivity contribution in [3.63, 3.8) is 0 Å². The number of ether oxygens (including phenoxy) is 1. The normalized spacial score (nSPS) is 11.0. The fraction of sp³-hybridized carbons (Fsp3) is 0.176. The van der Waals surface area contributed by atoms with E-state index in [2.05, 4.69) is 26.1 Å². The molecule has 0 saturated heterocycles. The van der Waals surface area contributed by atoms with Crippen molar-refractivity contribution in [3.8, 4) is 5.75 Å². The highest BCUT2D eigenvalue weighted by molar-refractivity contribution is 5.91. The monoisotopic (exact) mass is 315 g/mol. The molecule has 2 aromatic heterocycles. The molecule has 0 saturated carbocycles. The van der Waals surface area contributed by atoms with Gasteiger partial charge in [0, 0.05) is 17.3 Å². The Labute approximate surface area is 132 Å². The zero-order valence-corrected chi connectivity index (χ0v) is 12.5. The number of rotatable bonds is 5. The van der Waals surface area contributed by atoms with Gasteiger partial charge in [0.2, 0.25) is 0 Å². The molecule has 2 heterocycles. The predicted octanol–water partition coefficient (Wildman–Crippen LogP) is 4.15. The number of hydrogen-bond acceptors (Lipinski definition) is 4. The fourth-order valence-electron chi connectivity index (χ4n) is 2.29. The summed E-state index contributed by atoms with van der Waals surface area (Å²) in [5, 5.41) is 4.33. The summed E-state index contributed by atoms with van der Waals surface area (Å²) < 4.78 is 28.5. The summed E-state index contributed by atoms with van der Waals surface area (Å²) in [6, 6.07) is 11.1. The van der Waals surface area contributed by atoms with Crippen molar-refractivity contribution in [2.75, 3.05) is 5.32 Å². The molecule has 0 bridgehead atoms. The van der Waals surface area contributed by atoms with E-state index in [9.17, 15) is 8.78 Å². The molecule has 1 aromatic carbocycles. The van der Waals surface area contributed by atoms with Gasteiger partial charge in [0.25, 0.3) is 0 Å². The van der Waals surface area contributed by atoms with Gasteiger partial charge in [0.1, 0.15) is 5.75 Å². The van der Waals surface area contributed by atoms with Crippen LogP contribution in [0.1, 0.15) is 11.3 Å². The first-order valence-corrected chi connectivity index (χ1v) is 7.11. The van der Waals surface area contributed by atoms with E-state index in [0.29, 0.717) is 6.54 Å². The quantitative estimate of drug-likeness (QED) is 0.768. The Morgan fingerprint density at radius 1 is 1.13 bits per heavy atom. The molecule has 0 aliphatic heterocycles. The number of aryl methyl sites for hydroxylation is 1. The Morgan fingerprint density at radius 3 is 2.74 bits per heavy atom. The van der Waals surface area contributed by atoms with Crippen LogP contribution in [0.5, 0.6) is 5.75 Å².